The second kappa shape index (κ2) is 6.96. The number of para-hydroxylation sites is 2. The van der Waals surface area contributed by atoms with E-state index in [-0.39, 0.29) is 5.56 Å². The molecule has 1 aromatic heterocycles. The zero-order valence-electron chi connectivity index (χ0n) is 15.1. The number of fused-ring (bicyclic) bond motifs is 3. The van der Waals surface area contributed by atoms with Crippen molar-refractivity contribution >= 4 is 17.4 Å². The molecule has 2 aromatic carbocycles. The molecule has 0 aliphatic carbocycles. The Hall–Kier alpha value is -3.00. The van der Waals surface area contributed by atoms with E-state index in [1.54, 1.807) is 18.9 Å². The second-order valence-electron chi connectivity index (χ2n) is 5.93. The van der Waals surface area contributed by atoms with Crippen molar-refractivity contribution in [2.24, 2.45) is 0 Å². The Bertz CT molecular complexity index is 1070. The summed E-state index contributed by atoms with van der Waals surface area (Å²) >= 11 is 1.38. The molecule has 3 aromatic rings. The third kappa shape index (κ3) is 2.82. The lowest BCUT2D eigenvalue weighted by molar-refractivity contribution is -0.759. The molecule has 0 amide bonds. The number of ether oxygens (including phenoxy) is 2. The highest BCUT2D eigenvalue weighted by Gasteiger charge is 2.39. The van der Waals surface area contributed by atoms with Gasteiger partial charge < -0.3 is 14.8 Å². The van der Waals surface area contributed by atoms with Crippen LogP contribution in [0, 0.1) is 0 Å². The number of hydrogen-bond donors (Lipinski definition) is 2. The molecular formula is C19H19N4O3S+. The van der Waals surface area contributed by atoms with Crippen LogP contribution in [0.5, 0.6) is 11.5 Å². The third-order valence-corrected chi connectivity index (χ3v) is 5.07. The van der Waals surface area contributed by atoms with Crippen molar-refractivity contribution in [1.82, 2.24) is 10.1 Å². The lowest BCUT2D eigenvalue weighted by atomic mass is 10.0. The van der Waals surface area contributed by atoms with Crippen LogP contribution in [0.2, 0.25) is 0 Å². The maximum absolute atomic E-state index is 12.8. The molecule has 8 heteroatoms. The fourth-order valence-electron chi connectivity index (χ4n) is 3.32. The molecule has 2 heterocycles. The second-order valence-corrected chi connectivity index (χ2v) is 6.73. The molecule has 138 valence electrons. The first-order valence-electron chi connectivity index (χ1n) is 8.35. The van der Waals surface area contributed by atoms with Gasteiger partial charge in [-0.3, -0.25) is 9.78 Å². The minimum atomic E-state index is -0.423. The van der Waals surface area contributed by atoms with Crippen LogP contribution in [0.15, 0.2) is 52.4 Å². The van der Waals surface area contributed by atoms with Gasteiger partial charge in [-0.05, 0) is 35.2 Å². The van der Waals surface area contributed by atoms with Crippen molar-refractivity contribution in [3.8, 4) is 22.8 Å². The molecule has 0 radical (unpaired) electrons. The number of nitrogens with zero attached hydrogens (tertiary/aromatic N) is 2. The quantitative estimate of drug-likeness (QED) is 0.532. The van der Waals surface area contributed by atoms with Crippen LogP contribution in [-0.4, -0.2) is 30.6 Å². The maximum Gasteiger partial charge on any atom is 0.325 e. The molecular weight excluding hydrogens is 364 g/mol. The standard InChI is InChI=1S/C19H18N4O3S/c1-25-14-10-6-8-12(16(14)26-2)17-20-13-9-5-4-7-11(13)15-18(24)21-19(27-3)22-23(15)17/h4-10,17H,1-3H3,(H,21,22,24)/p+1/t17-/m1/s1. The summed E-state index contributed by atoms with van der Waals surface area (Å²) in [6.45, 7) is 0. The highest BCUT2D eigenvalue weighted by Crippen LogP contribution is 2.38. The molecule has 0 bridgehead atoms. The summed E-state index contributed by atoms with van der Waals surface area (Å²) in [4.78, 5) is 15.7. The predicted molar refractivity (Wildman–Crippen MR) is 104 cm³/mol. The van der Waals surface area contributed by atoms with E-state index in [9.17, 15) is 4.79 Å². The van der Waals surface area contributed by atoms with Crippen molar-refractivity contribution < 1.29 is 14.2 Å². The van der Waals surface area contributed by atoms with Crippen LogP contribution in [0.3, 0.4) is 0 Å². The van der Waals surface area contributed by atoms with Gasteiger partial charge in [0.15, 0.2) is 11.5 Å². The van der Waals surface area contributed by atoms with E-state index in [0.717, 1.165) is 16.8 Å². The number of aromatic amines is 1. The lowest BCUT2D eigenvalue weighted by Gasteiger charge is -2.23. The van der Waals surface area contributed by atoms with Crippen LogP contribution >= 0.6 is 11.8 Å². The maximum atomic E-state index is 12.8. The van der Waals surface area contributed by atoms with E-state index in [1.807, 2.05) is 48.7 Å². The van der Waals surface area contributed by atoms with E-state index < -0.39 is 6.17 Å². The summed E-state index contributed by atoms with van der Waals surface area (Å²) in [5.41, 5.74) is 2.79. The molecule has 1 atom stereocenters. The highest BCUT2D eigenvalue weighted by atomic mass is 32.2. The summed E-state index contributed by atoms with van der Waals surface area (Å²) < 4.78 is 12.8. The first-order chi connectivity index (χ1) is 13.2. The molecule has 0 fully saturated rings. The minimum absolute atomic E-state index is 0.185. The van der Waals surface area contributed by atoms with E-state index >= 15 is 0 Å². The first kappa shape index (κ1) is 17.4. The van der Waals surface area contributed by atoms with Gasteiger partial charge in [0, 0.05) is 5.10 Å². The number of benzene rings is 2. The predicted octanol–water partition coefficient (Wildman–Crippen LogP) is 2.44. The Kier molecular flexibility index (Phi) is 4.49. The van der Waals surface area contributed by atoms with Gasteiger partial charge in [0.1, 0.15) is 0 Å². The molecule has 27 heavy (non-hydrogen) atoms. The van der Waals surface area contributed by atoms with E-state index in [2.05, 4.69) is 15.4 Å². The number of anilines is 1. The first-order valence-corrected chi connectivity index (χ1v) is 9.57. The molecule has 4 rings (SSSR count). The molecule has 7 nitrogen and oxygen atoms in total. The molecule has 0 saturated carbocycles. The van der Waals surface area contributed by atoms with Gasteiger partial charge in [-0.25, -0.2) is 0 Å². The molecule has 1 aliphatic rings. The van der Waals surface area contributed by atoms with Crippen molar-refractivity contribution in [3.05, 3.63) is 58.4 Å². The summed E-state index contributed by atoms with van der Waals surface area (Å²) in [7, 11) is 3.20. The lowest BCUT2D eigenvalue weighted by Crippen LogP contribution is -2.55. The molecule has 0 spiro atoms. The average Bonchev–Trinajstić information content (AvgIpc) is 2.71. The van der Waals surface area contributed by atoms with Crippen molar-refractivity contribution in [2.45, 2.75) is 11.3 Å². The highest BCUT2D eigenvalue weighted by molar-refractivity contribution is 7.98. The van der Waals surface area contributed by atoms with Crippen LogP contribution in [0.1, 0.15) is 11.7 Å². The molecule has 1 aliphatic heterocycles. The molecule has 0 saturated heterocycles. The van der Waals surface area contributed by atoms with Crippen LogP contribution in [0.25, 0.3) is 11.3 Å². The zero-order valence-corrected chi connectivity index (χ0v) is 16.0. The number of rotatable bonds is 4. The number of thioether (sulfide) groups is 1. The Labute approximate surface area is 160 Å². The van der Waals surface area contributed by atoms with Gasteiger partial charge >= 0.3 is 11.3 Å². The van der Waals surface area contributed by atoms with Gasteiger partial charge in [0.05, 0.1) is 31.0 Å². The zero-order chi connectivity index (χ0) is 19.0. The normalized spacial score (nSPS) is 14.7. The number of hydrogen-bond acceptors (Lipinski definition) is 6. The Balaban J connectivity index is 2.01. The van der Waals surface area contributed by atoms with Crippen molar-refractivity contribution in [1.29, 1.82) is 0 Å². The summed E-state index contributed by atoms with van der Waals surface area (Å²) in [6.07, 6.45) is 1.45. The van der Waals surface area contributed by atoms with Gasteiger partial charge in [0.25, 0.3) is 6.17 Å². The fourth-order valence-corrected chi connectivity index (χ4v) is 3.68. The van der Waals surface area contributed by atoms with Crippen LogP contribution < -0.4 is 25.0 Å². The van der Waals surface area contributed by atoms with Crippen LogP contribution in [-0.2, 0) is 0 Å². The Morgan fingerprint density at radius 1 is 1.11 bits per heavy atom. The number of nitrogens with one attached hydrogen (secondary N) is 2. The van der Waals surface area contributed by atoms with E-state index in [4.69, 9.17) is 9.47 Å². The summed E-state index contributed by atoms with van der Waals surface area (Å²) in [5.74, 6) is 1.22. The van der Waals surface area contributed by atoms with E-state index in [1.165, 1.54) is 11.8 Å². The molecule has 2 N–H and O–H groups in total. The SMILES string of the molecule is COc1cccc([C@@H]2Nc3ccccc3-c3c(=O)[nH]c(SC)n[n+]32)c1OC. The summed E-state index contributed by atoms with van der Waals surface area (Å²) in [6, 6.07) is 13.3. The largest absolute Gasteiger partial charge is 0.493 e. The fraction of sp³-hybridized carbons (Fsp3) is 0.211. The van der Waals surface area contributed by atoms with E-state index in [0.29, 0.717) is 22.3 Å². The van der Waals surface area contributed by atoms with Gasteiger partial charge in [-0.2, -0.15) is 0 Å². The smallest absolute Gasteiger partial charge is 0.325 e. The van der Waals surface area contributed by atoms with Gasteiger partial charge in [-0.1, -0.05) is 30.0 Å². The topological polar surface area (TPSA) is 80.1 Å². The van der Waals surface area contributed by atoms with Crippen LogP contribution in [0.4, 0.5) is 5.69 Å². The van der Waals surface area contributed by atoms with Crippen molar-refractivity contribution in [2.75, 3.05) is 25.8 Å². The Morgan fingerprint density at radius 2 is 1.93 bits per heavy atom. The van der Waals surface area contributed by atoms with Crippen molar-refractivity contribution in [3.63, 3.8) is 0 Å². The van der Waals surface area contributed by atoms with Gasteiger partial charge in [-0.15, -0.1) is 0 Å². The minimum Gasteiger partial charge on any atom is -0.493 e. The molecule has 0 unspecified atom stereocenters. The monoisotopic (exact) mass is 383 g/mol. The summed E-state index contributed by atoms with van der Waals surface area (Å²) in [5, 5.41) is 8.66. The number of H-pyrrole nitrogens is 1. The number of methoxy groups -OCH3 is 2. The number of aromatic nitrogens is 3. The van der Waals surface area contributed by atoms with Gasteiger partial charge in [0.2, 0.25) is 5.16 Å². The average molecular weight is 383 g/mol. The third-order valence-electron chi connectivity index (χ3n) is 4.50. The Morgan fingerprint density at radius 3 is 2.67 bits per heavy atom.